The quantitative estimate of drug-likeness (QED) is 0.534. The molecule has 0 nitrogen and oxygen atoms in total. The van der Waals surface area contributed by atoms with Crippen molar-refractivity contribution in [2.24, 2.45) is 0 Å². The SMILES string of the molecule is C#Cc1ccc(C)c(C)c1.CC.CC. The molecule has 0 N–H and O–H groups in total. The highest BCUT2D eigenvalue weighted by Crippen LogP contribution is 2.07. The van der Waals surface area contributed by atoms with E-state index in [1.807, 2.05) is 45.9 Å². The van der Waals surface area contributed by atoms with E-state index >= 15 is 0 Å². The highest BCUT2D eigenvalue weighted by Gasteiger charge is 1.91. The molecule has 0 spiro atoms. The summed E-state index contributed by atoms with van der Waals surface area (Å²) >= 11 is 0. The maximum absolute atomic E-state index is 5.22. The van der Waals surface area contributed by atoms with Gasteiger partial charge in [-0.25, -0.2) is 0 Å². The molecule has 0 aliphatic heterocycles. The van der Waals surface area contributed by atoms with E-state index in [1.54, 1.807) is 0 Å². The van der Waals surface area contributed by atoms with Gasteiger partial charge >= 0.3 is 0 Å². The molecule has 14 heavy (non-hydrogen) atoms. The second-order valence-electron chi connectivity index (χ2n) is 2.44. The van der Waals surface area contributed by atoms with E-state index < -0.39 is 0 Å². The van der Waals surface area contributed by atoms with Crippen LogP contribution in [0.5, 0.6) is 0 Å². The molecule has 0 amide bonds. The highest BCUT2D eigenvalue weighted by molar-refractivity contribution is 5.38. The summed E-state index contributed by atoms with van der Waals surface area (Å²) in [4.78, 5) is 0. The van der Waals surface area contributed by atoms with Crippen LogP contribution in [0, 0.1) is 26.2 Å². The molecule has 1 aromatic rings. The molecule has 0 radical (unpaired) electrons. The lowest BCUT2D eigenvalue weighted by molar-refractivity contribution is 1.33. The van der Waals surface area contributed by atoms with Crippen molar-refractivity contribution < 1.29 is 0 Å². The molecule has 0 aliphatic rings. The second kappa shape index (κ2) is 9.86. The van der Waals surface area contributed by atoms with Crippen molar-refractivity contribution in [1.82, 2.24) is 0 Å². The van der Waals surface area contributed by atoms with Crippen LogP contribution in [0.15, 0.2) is 18.2 Å². The van der Waals surface area contributed by atoms with Gasteiger partial charge in [0.15, 0.2) is 0 Å². The van der Waals surface area contributed by atoms with E-state index in [2.05, 4.69) is 19.8 Å². The normalized spacial score (nSPS) is 7.21. The Bertz CT molecular complexity index is 277. The summed E-state index contributed by atoms with van der Waals surface area (Å²) in [5, 5.41) is 0. The average molecular weight is 190 g/mol. The fourth-order valence-electron chi connectivity index (χ4n) is 0.831. The summed E-state index contributed by atoms with van der Waals surface area (Å²) in [5.41, 5.74) is 3.51. The third-order valence-electron chi connectivity index (χ3n) is 1.67. The zero-order valence-corrected chi connectivity index (χ0v) is 10.3. The number of hydrogen-bond acceptors (Lipinski definition) is 0. The Balaban J connectivity index is 0. The van der Waals surface area contributed by atoms with E-state index in [1.165, 1.54) is 11.1 Å². The van der Waals surface area contributed by atoms with E-state index in [0.29, 0.717) is 0 Å². The van der Waals surface area contributed by atoms with Crippen LogP contribution in [0.3, 0.4) is 0 Å². The molecule has 0 aliphatic carbocycles. The number of benzene rings is 1. The summed E-state index contributed by atoms with van der Waals surface area (Å²) in [6.45, 7) is 12.1. The third kappa shape index (κ3) is 5.43. The Morgan fingerprint density at radius 1 is 0.929 bits per heavy atom. The largest absolute Gasteiger partial charge is 0.115 e. The Morgan fingerprint density at radius 3 is 1.79 bits per heavy atom. The van der Waals surface area contributed by atoms with E-state index in [4.69, 9.17) is 6.42 Å². The predicted molar refractivity (Wildman–Crippen MR) is 66.5 cm³/mol. The van der Waals surface area contributed by atoms with Crippen molar-refractivity contribution in [1.29, 1.82) is 0 Å². The monoisotopic (exact) mass is 190 g/mol. The minimum Gasteiger partial charge on any atom is -0.115 e. The molecule has 0 saturated heterocycles. The zero-order valence-electron chi connectivity index (χ0n) is 10.3. The Hall–Kier alpha value is -1.22. The molecular formula is C14H22. The van der Waals surface area contributed by atoms with Gasteiger partial charge in [-0.15, -0.1) is 6.42 Å². The Labute approximate surface area is 89.4 Å². The van der Waals surface area contributed by atoms with Crippen LogP contribution in [-0.2, 0) is 0 Å². The molecule has 0 unspecified atom stereocenters. The fraction of sp³-hybridized carbons (Fsp3) is 0.429. The first-order valence-corrected chi connectivity index (χ1v) is 5.28. The first-order chi connectivity index (χ1) is 6.74. The molecule has 1 aromatic carbocycles. The van der Waals surface area contributed by atoms with E-state index in [9.17, 15) is 0 Å². The Kier molecular flexibility index (Phi) is 10.8. The van der Waals surface area contributed by atoms with Gasteiger partial charge in [0.1, 0.15) is 0 Å². The maximum atomic E-state index is 5.22. The van der Waals surface area contributed by atoms with Gasteiger partial charge in [-0.2, -0.15) is 0 Å². The van der Waals surface area contributed by atoms with Crippen molar-refractivity contribution in [2.75, 3.05) is 0 Å². The molecule has 0 saturated carbocycles. The van der Waals surface area contributed by atoms with Crippen LogP contribution in [-0.4, -0.2) is 0 Å². The first-order valence-electron chi connectivity index (χ1n) is 5.28. The van der Waals surface area contributed by atoms with Gasteiger partial charge in [0.25, 0.3) is 0 Å². The summed E-state index contributed by atoms with van der Waals surface area (Å²) in [6, 6.07) is 6.03. The molecular weight excluding hydrogens is 168 g/mol. The van der Waals surface area contributed by atoms with Crippen molar-refractivity contribution in [3.8, 4) is 12.3 Å². The van der Waals surface area contributed by atoms with Crippen molar-refractivity contribution >= 4 is 0 Å². The van der Waals surface area contributed by atoms with Crippen LogP contribution in [0.2, 0.25) is 0 Å². The lowest BCUT2D eigenvalue weighted by Gasteiger charge is -1.97. The number of rotatable bonds is 0. The predicted octanol–water partition coefficient (Wildman–Crippen LogP) is 4.34. The van der Waals surface area contributed by atoms with Crippen molar-refractivity contribution in [2.45, 2.75) is 41.5 Å². The lowest BCUT2D eigenvalue weighted by atomic mass is 10.1. The topological polar surface area (TPSA) is 0 Å². The van der Waals surface area contributed by atoms with Gasteiger partial charge in [0.2, 0.25) is 0 Å². The molecule has 0 bridgehead atoms. The van der Waals surface area contributed by atoms with Gasteiger partial charge in [-0.3, -0.25) is 0 Å². The van der Waals surface area contributed by atoms with Gasteiger partial charge in [-0.1, -0.05) is 39.7 Å². The molecule has 78 valence electrons. The van der Waals surface area contributed by atoms with Crippen LogP contribution in [0.4, 0.5) is 0 Å². The van der Waals surface area contributed by atoms with Crippen molar-refractivity contribution in [3.63, 3.8) is 0 Å². The minimum atomic E-state index is 0.961. The molecule has 0 heteroatoms. The van der Waals surface area contributed by atoms with Gasteiger partial charge in [-0.05, 0) is 37.1 Å². The molecule has 1 rings (SSSR count). The van der Waals surface area contributed by atoms with Gasteiger partial charge in [0, 0.05) is 5.56 Å². The molecule has 0 heterocycles. The summed E-state index contributed by atoms with van der Waals surface area (Å²) in [6.07, 6.45) is 5.22. The van der Waals surface area contributed by atoms with Crippen LogP contribution >= 0.6 is 0 Å². The average Bonchev–Trinajstić information content (AvgIpc) is 2.28. The Morgan fingerprint density at radius 2 is 1.43 bits per heavy atom. The lowest BCUT2D eigenvalue weighted by Crippen LogP contribution is -1.81. The first kappa shape index (κ1) is 15.3. The number of aryl methyl sites for hydroxylation is 2. The second-order valence-corrected chi connectivity index (χ2v) is 2.44. The summed E-state index contributed by atoms with van der Waals surface area (Å²) in [5.74, 6) is 2.60. The van der Waals surface area contributed by atoms with Crippen LogP contribution < -0.4 is 0 Å². The summed E-state index contributed by atoms with van der Waals surface area (Å²) in [7, 11) is 0. The molecule has 0 fully saturated rings. The molecule has 0 atom stereocenters. The fourth-order valence-corrected chi connectivity index (χ4v) is 0.831. The van der Waals surface area contributed by atoms with Crippen LogP contribution in [0.1, 0.15) is 44.4 Å². The smallest absolute Gasteiger partial charge is 0.0245 e. The minimum absolute atomic E-state index is 0.961. The van der Waals surface area contributed by atoms with Gasteiger partial charge in [0.05, 0.1) is 0 Å². The van der Waals surface area contributed by atoms with E-state index in [-0.39, 0.29) is 0 Å². The van der Waals surface area contributed by atoms with E-state index in [0.717, 1.165) is 5.56 Å². The van der Waals surface area contributed by atoms with Crippen LogP contribution in [0.25, 0.3) is 0 Å². The van der Waals surface area contributed by atoms with Gasteiger partial charge < -0.3 is 0 Å². The maximum Gasteiger partial charge on any atom is 0.0245 e. The summed E-state index contributed by atoms with van der Waals surface area (Å²) < 4.78 is 0. The van der Waals surface area contributed by atoms with Crippen molar-refractivity contribution in [3.05, 3.63) is 34.9 Å². The number of hydrogen-bond donors (Lipinski definition) is 0. The third-order valence-corrected chi connectivity index (χ3v) is 1.67. The standard InChI is InChI=1S/C10H10.2C2H6/c1-4-10-6-5-8(2)9(3)7-10;2*1-2/h1,5-7H,2-3H3;2*1-2H3. The zero-order chi connectivity index (χ0) is 11.6. The number of terminal acetylenes is 1. The highest BCUT2D eigenvalue weighted by atomic mass is 14.0. The molecule has 0 aromatic heterocycles.